The Morgan fingerprint density at radius 1 is 1.10 bits per heavy atom. The van der Waals surface area contributed by atoms with Crippen LogP contribution in [0.1, 0.15) is 5.56 Å². The van der Waals surface area contributed by atoms with Crippen LogP contribution in [0.15, 0.2) is 47.8 Å². The summed E-state index contributed by atoms with van der Waals surface area (Å²) in [5.41, 5.74) is 2.06. The number of anilines is 1. The van der Waals surface area contributed by atoms with Gasteiger partial charge in [0, 0.05) is 10.9 Å². The number of amides is 1. The molecule has 1 amide bonds. The topological polar surface area (TPSA) is 69.7 Å². The van der Waals surface area contributed by atoms with E-state index < -0.39 is 6.61 Å². The fourth-order valence-electron chi connectivity index (χ4n) is 2.61. The van der Waals surface area contributed by atoms with Gasteiger partial charge in [0.25, 0.3) is 0 Å². The van der Waals surface area contributed by atoms with Crippen molar-refractivity contribution in [1.82, 2.24) is 4.98 Å². The first-order valence-corrected chi connectivity index (χ1v) is 9.38. The van der Waals surface area contributed by atoms with Crippen LogP contribution < -0.4 is 19.5 Å². The molecule has 152 valence electrons. The average molecular weight is 420 g/mol. The second kappa shape index (κ2) is 9.33. The molecule has 6 nitrogen and oxygen atoms in total. The van der Waals surface area contributed by atoms with E-state index in [0.29, 0.717) is 27.9 Å². The molecule has 1 aromatic heterocycles. The maximum Gasteiger partial charge on any atom is 0.387 e. The van der Waals surface area contributed by atoms with E-state index in [1.165, 1.54) is 23.5 Å². The molecule has 0 saturated carbocycles. The van der Waals surface area contributed by atoms with Gasteiger partial charge >= 0.3 is 6.61 Å². The predicted molar refractivity (Wildman–Crippen MR) is 106 cm³/mol. The van der Waals surface area contributed by atoms with Crippen molar-refractivity contribution in [2.24, 2.45) is 0 Å². The van der Waals surface area contributed by atoms with Crippen molar-refractivity contribution < 1.29 is 27.8 Å². The molecule has 0 saturated heterocycles. The van der Waals surface area contributed by atoms with Gasteiger partial charge in [-0.25, -0.2) is 4.98 Å². The zero-order valence-electron chi connectivity index (χ0n) is 15.6. The summed E-state index contributed by atoms with van der Waals surface area (Å²) >= 11 is 1.28. The number of halogens is 2. The standard InChI is InChI=1S/C20H18F2N2O4S/c1-26-14-7-8-17(27-2)15(10-14)16-11-29-20(23-16)24-18(25)9-12-3-5-13(6-4-12)28-19(21)22/h3-8,10-11,19H,9H2,1-2H3,(H,23,24,25). The van der Waals surface area contributed by atoms with Crippen LogP contribution in [0.25, 0.3) is 11.3 Å². The quantitative estimate of drug-likeness (QED) is 0.576. The number of methoxy groups -OCH3 is 2. The number of nitrogens with one attached hydrogen (secondary N) is 1. The van der Waals surface area contributed by atoms with Crippen LogP contribution in [0, 0.1) is 0 Å². The average Bonchev–Trinajstić information content (AvgIpc) is 3.16. The molecule has 9 heteroatoms. The van der Waals surface area contributed by atoms with Gasteiger partial charge in [-0.15, -0.1) is 11.3 Å². The maximum absolute atomic E-state index is 12.3. The Morgan fingerprint density at radius 3 is 2.48 bits per heavy atom. The van der Waals surface area contributed by atoms with Gasteiger partial charge in [0.1, 0.15) is 17.2 Å². The fourth-order valence-corrected chi connectivity index (χ4v) is 3.33. The van der Waals surface area contributed by atoms with Gasteiger partial charge in [-0.2, -0.15) is 8.78 Å². The summed E-state index contributed by atoms with van der Waals surface area (Å²) in [6.45, 7) is -2.88. The lowest BCUT2D eigenvalue weighted by Crippen LogP contribution is -2.14. The van der Waals surface area contributed by atoms with E-state index in [4.69, 9.17) is 9.47 Å². The number of hydrogen-bond acceptors (Lipinski definition) is 6. The number of carbonyl (C=O) groups excluding carboxylic acids is 1. The summed E-state index contributed by atoms with van der Waals surface area (Å²) in [5.74, 6) is 1.07. The highest BCUT2D eigenvalue weighted by Gasteiger charge is 2.13. The second-order valence-electron chi connectivity index (χ2n) is 5.85. The van der Waals surface area contributed by atoms with Gasteiger partial charge in [-0.1, -0.05) is 12.1 Å². The van der Waals surface area contributed by atoms with Crippen LogP contribution in [0.2, 0.25) is 0 Å². The van der Waals surface area contributed by atoms with Crippen LogP contribution >= 0.6 is 11.3 Å². The lowest BCUT2D eigenvalue weighted by molar-refractivity contribution is -0.115. The Bertz CT molecular complexity index is 977. The van der Waals surface area contributed by atoms with Crippen LogP contribution in [-0.2, 0) is 11.2 Å². The molecule has 0 bridgehead atoms. The minimum absolute atomic E-state index is 0.0426. The molecule has 0 radical (unpaired) electrons. The summed E-state index contributed by atoms with van der Waals surface area (Å²) in [5, 5.41) is 4.99. The number of ether oxygens (including phenoxy) is 3. The van der Waals surface area contributed by atoms with E-state index in [9.17, 15) is 13.6 Å². The summed E-state index contributed by atoms with van der Waals surface area (Å²) in [7, 11) is 3.14. The van der Waals surface area contributed by atoms with Crippen molar-refractivity contribution >= 4 is 22.4 Å². The van der Waals surface area contributed by atoms with Crippen molar-refractivity contribution in [3.05, 3.63) is 53.4 Å². The number of rotatable bonds is 8. The minimum Gasteiger partial charge on any atom is -0.497 e. The monoisotopic (exact) mass is 420 g/mol. The number of alkyl halides is 2. The van der Waals surface area contributed by atoms with E-state index >= 15 is 0 Å². The van der Waals surface area contributed by atoms with Crippen molar-refractivity contribution in [3.8, 4) is 28.5 Å². The molecule has 1 heterocycles. The number of aromatic nitrogens is 1. The van der Waals surface area contributed by atoms with Crippen LogP contribution in [-0.4, -0.2) is 31.7 Å². The van der Waals surface area contributed by atoms with Crippen LogP contribution in [0.3, 0.4) is 0 Å². The highest BCUT2D eigenvalue weighted by molar-refractivity contribution is 7.14. The Balaban J connectivity index is 1.66. The second-order valence-corrected chi connectivity index (χ2v) is 6.71. The zero-order chi connectivity index (χ0) is 20.8. The smallest absolute Gasteiger partial charge is 0.387 e. The third-order valence-electron chi connectivity index (χ3n) is 3.95. The van der Waals surface area contributed by atoms with Crippen molar-refractivity contribution in [2.75, 3.05) is 19.5 Å². The molecular formula is C20H18F2N2O4S. The molecule has 0 aliphatic heterocycles. The van der Waals surface area contributed by atoms with Crippen molar-refractivity contribution in [2.45, 2.75) is 13.0 Å². The van der Waals surface area contributed by atoms with Crippen LogP contribution in [0.4, 0.5) is 13.9 Å². The highest BCUT2D eigenvalue weighted by atomic mass is 32.1. The molecule has 2 aromatic carbocycles. The third-order valence-corrected chi connectivity index (χ3v) is 4.70. The van der Waals surface area contributed by atoms with Gasteiger partial charge in [0.2, 0.25) is 5.91 Å². The first-order chi connectivity index (χ1) is 14.0. The minimum atomic E-state index is -2.88. The lowest BCUT2D eigenvalue weighted by Gasteiger charge is -2.08. The maximum atomic E-state index is 12.3. The molecule has 3 rings (SSSR count). The lowest BCUT2D eigenvalue weighted by atomic mass is 10.1. The molecule has 29 heavy (non-hydrogen) atoms. The Kier molecular flexibility index (Phi) is 6.61. The summed E-state index contributed by atoms with van der Waals surface area (Å²) in [6.07, 6.45) is 0.0757. The molecule has 0 aliphatic carbocycles. The number of hydrogen-bond donors (Lipinski definition) is 1. The zero-order valence-corrected chi connectivity index (χ0v) is 16.5. The Morgan fingerprint density at radius 2 is 1.83 bits per heavy atom. The SMILES string of the molecule is COc1ccc(OC)c(-c2csc(NC(=O)Cc3ccc(OC(F)F)cc3)n2)c1. The van der Waals surface area contributed by atoms with E-state index in [1.807, 2.05) is 11.4 Å². The third kappa shape index (κ3) is 5.41. The van der Waals surface area contributed by atoms with Crippen molar-refractivity contribution in [3.63, 3.8) is 0 Å². The van der Waals surface area contributed by atoms with Gasteiger partial charge in [-0.3, -0.25) is 4.79 Å². The molecule has 0 atom stereocenters. The number of nitrogens with zero attached hydrogens (tertiary/aromatic N) is 1. The normalized spacial score (nSPS) is 10.7. The molecule has 0 unspecified atom stereocenters. The first-order valence-electron chi connectivity index (χ1n) is 8.50. The molecule has 0 aliphatic rings. The Labute approximate surface area is 170 Å². The molecule has 0 fully saturated rings. The van der Waals surface area contributed by atoms with E-state index in [-0.39, 0.29) is 18.1 Å². The number of carbonyl (C=O) groups is 1. The Hall–Kier alpha value is -3.20. The first kappa shape index (κ1) is 20.5. The van der Waals surface area contributed by atoms with E-state index in [2.05, 4.69) is 15.0 Å². The summed E-state index contributed by atoms with van der Waals surface area (Å²) in [4.78, 5) is 16.7. The summed E-state index contributed by atoms with van der Waals surface area (Å²) in [6, 6.07) is 11.3. The van der Waals surface area contributed by atoms with Gasteiger partial charge < -0.3 is 19.5 Å². The molecule has 1 N–H and O–H groups in total. The van der Waals surface area contributed by atoms with E-state index in [0.717, 1.165) is 5.56 Å². The fraction of sp³-hybridized carbons (Fsp3) is 0.200. The highest BCUT2D eigenvalue weighted by Crippen LogP contribution is 2.35. The number of thiazole rings is 1. The summed E-state index contributed by atoms with van der Waals surface area (Å²) < 4.78 is 39.3. The van der Waals surface area contributed by atoms with Gasteiger partial charge in [0.05, 0.1) is 26.3 Å². The van der Waals surface area contributed by atoms with Gasteiger partial charge in [-0.05, 0) is 35.9 Å². The number of benzene rings is 2. The molecular weight excluding hydrogens is 402 g/mol. The van der Waals surface area contributed by atoms with Crippen molar-refractivity contribution in [1.29, 1.82) is 0 Å². The molecule has 3 aromatic rings. The van der Waals surface area contributed by atoms with E-state index in [1.54, 1.807) is 38.5 Å². The van der Waals surface area contributed by atoms with Crippen LogP contribution in [0.5, 0.6) is 17.2 Å². The largest absolute Gasteiger partial charge is 0.497 e. The predicted octanol–water partition coefficient (Wildman–Crippen LogP) is 4.61. The van der Waals surface area contributed by atoms with Gasteiger partial charge in [0.15, 0.2) is 5.13 Å². The molecule has 0 spiro atoms.